The largest absolute Gasteiger partial charge is 0.507 e. The van der Waals surface area contributed by atoms with Crippen LogP contribution in [0.1, 0.15) is 12.5 Å². The Bertz CT molecular complexity index is 358. The van der Waals surface area contributed by atoms with Gasteiger partial charge in [0.15, 0.2) is 0 Å². The number of carbonyl (C=O) groups is 1. The molecule has 1 aromatic rings. The minimum Gasteiger partial charge on any atom is -0.507 e. The van der Waals surface area contributed by atoms with Crippen LogP contribution < -0.4 is 9.47 Å². The van der Waals surface area contributed by atoms with Crippen LogP contribution in [-0.4, -0.2) is 26.1 Å². The zero-order chi connectivity index (χ0) is 12.6. The summed E-state index contributed by atoms with van der Waals surface area (Å²) in [5.74, 6) is 1.33. The van der Waals surface area contributed by atoms with Crippen molar-refractivity contribution in [1.82, 2.24) is 0 Å². The van der Waals surface area contributed by atoms with Crippen LogP contribution in [-0.2, 0) is 4.79 Å². The van der Waals surface area contributed by atoms with Crippen LogP contribution in [0.15, 0.2) is 18.2 Å². The van der Waals surface area contributed by atoms with Gasteiger partial charge in [-0.25, -0.2) is 0 Å². The maximum absolute atomic E-state index is 9.65. The second kappa shape index (κ2) is 7.34. The Kier molecular flexibility index (Phi) is 6.43. The van der Waals surface area contributed by atoms with Gasteiger partial charge in [0.25, 0.3) is 0 Å². The number of allylic oxidation sites excluding steroid dienone is 1. The molecule has 16 heavy (non-hydrogen) atoms. The van der Waals surface area contributed by atoms with Gasteiger partial charge in [-0.15, -0.1) is 0 Å². The summed E-state index contributed by atoms with van der Waals surface area (Å²) in [5.41, 5.74) is 0.663. The lowest BCUT2D eigenvalue weighted by molar-refractivity contribution is -0.0979. The van der Waals surface area contributed by atoms with Crippen LogP contribution in [0.3, 0.4) is 0 Å². The van der Waals surface area contributed by atoms with Gasteiger partial charge >= 0.3 is 0 Å². The van der Waals surface area contributed by atoms with Crippen LogP contribution in [0, 0.1) is 0 Å². The fourth-order valence-corrected chi connectivity index (χ4v) is 1.21. The zero-order valence-electron chi connectivity index (χ0n) is 9.69. The number of ether oxygens (including phenoxy) is 2. The number of carbonyl (C=O) groups excluding carboxylic acids is 1. The smallest absolute Gasteiger partial charge is 0.133 e. The molecule has 0 saturated heterocycles. The molecular formula is C12H16O4. The monoisotopic (exact) mass is 224 g/mol. The number of hydrogen-bond acceptors (Lipinski definition) is 4. The van der Waals surface area contributed by atoms with Crippen molar-refractivity contribution in [3.05, 3.63) is 23.8 Å². The van der Waals surface area contributed by atoms with Gasteiger partial charge in [-0.1, -0.05) is 12.2 Å². The van der Waals surface area contributed by atoms with Crippen molar-refractivity contribution in [3.8, 4) is 17.2 Å². The third-order valence-corrected chi connectivity index (χ3v) is 1.88. The third kappa shape index (κ3) is 3.31. The number of benzene rings is 1. The molecule has 1 N–H and O–H groups in total. The van der Waals surface area contributed by atoms with Crippen molar-refractivity contribution in [3.63, 3.8) is 0 Å². The predicted octanol–water partition coefficient (Wildman–Crippen LogP) is 2.26. The van der Waals surface area contributed by atoms with E-state index in [0.717, 1.165) is 0 Å². The minimum absolute atomic E-state index is 0.152. The van der Waals surface area contributed by atoms with Gasteiger partial charge in [-0.2, -0.15) is 0 Å². The SMILES string of the molecule is C/C=C/c1c(O)cc(OC)cc1OC.C=O. The Morgan fingerprint density at radius 2 is 1.88 bits per heavy atom. The van der Waals surface area contributed by atoms with E-state index >= 15 is 0 Å². The highest BCUT2D eigenvalue weighted by molar-refractivity contribution is 5.65. The quantitative estimate of drug-likeness (QED) is 0.855. The first-order valence-electron chi connectivity index (χ1n) is 4.59. The van der Waals surface area contributed by atoms with Crippen LogP contribution in [0.5, 0.6) is 17.2 Å². The number of phenols is 1. The third-order valence-electron chi connectivity index (χ3n) is 1.88. The van der Waals surface area contributed by atoms with Crippen molar-refractivity contribution in [2.45, 2.75) is 6.92 Å². The number of hydrogen-bond donors (Lipinski definition) is 1. The van der Waals surface area contributed by atoms with Gasteiger partial charge in [0.1, 0.15) is 24.0 Å². The highest BCUT2D eigenvalue weighted by Crippen LogP contribution is 2.33. The normalized spacial score (nSPS) is 9.44. The van der Waals surface area contributed by atoms with Crippen molar-refractivity contribution in [2.24, 2.45) is 0 Å². The van der Waals surface area contributed by atoms with E-state index in [2.05, 4.69) is 0 Å². The Morgan fingerprint density at radius 1 is 1.25 bits per heavy atom. The lowest BCUT2D eigenvalue weighted by Gasteiger charge is -2.09. The molecule has 0 aliphatic rings. The van der Waals surface area contributed by atoms with E-state index in [1.165, 1.54) is 0 Å². The van der Waals surface area contributed by atoms with Crippen LogP contribution in [0.2, 0.25) is 0 Å². The molecule has 88 valence electrons. The molecule has 4 nitrogen and oxygen atoms in total. The molecule has 0 aliphatic carbocycles. The summed E-state index contributed by atoms with van der Waals surface area (Å²) in [4.78, 5) is 8.00. The molecule has 0 radical (unpaired) electrons. The summed E-state index contributed by atoms with van der Waals surface area (Å²) in [6.07, 6.45) is 3.62. The summed E-state index contributed by atoms with van der Waals surface area (Å²) in [7, 11) is 3.10. The van der Waals surface area contributed by atoms with Gasteiger partial charge in [0.05, 0.1) is 19.8 Å². The number of rotatable bonds is 3. The summed E-state index contributed by atoms with van der Waals surface area (Å²) in [6, 6.07) is 3.28. The molecule has 1 aromatic carbocycles. The lowest BCUT2D eigenvalue weighted by atomic mass is 10.1. The maximum atomic E-state index is 9.65. The molecule has 0 atom stereocenters. The molecule has 0 aliphatic heterocycles. The fourth-order valence-electron chi connectivity index (χ4n) is 1.21. The van der Waals surface area contributed by atoms with Crippen molar-refractivity contribution in [1.29, 1.82) is 0 Å². The van der Waals surface area contributed by atoms with E-state index in [0.29, 0.717) is 17.1 Å². The molecule has 0 aromatic heterocycles. The molecule has 4 heteroatoms. The molecular weight excluding hydrogens is 208 g/mol. The summed E-state index contributed by atoms with van der Waals surface area (Å²) in [6.45, 7) is 3.88. The standard InChI is InChI=1S/C11H14O3.CH2O/c1-4-5-9-10(12)6-8(13-2)7-11(9)14-3;1-2/h4-7,12H,1-3H3;1H2/b5-4+;. The van der Waals surface area contributed by atoms with Crippen LogP contribution in [0.25, 0.3) is 6.08 Å². The average Bonchev–Trinajstić information content (AvgIpc) is 2.34. The number of aromatic hydroxyl groups is 1. The molecule has 0 saturated carbocycles. The van der Waals surface area contributed by atoms with Crippen molar-refractivity contribution in [2.75, 3.05) is 14.2 Å². The topological polar surface area (TPSA) is 55.8 Å². The fraction of sp³-hybridized carbons (Fsp3) is 0.250. The van der Waals surface area contributed by atoms with E-state index in [-0.39, 0.29) is 5.75 Å². The van der Waals surface area contributed by atoms with E-state index in [1.54, 1.807) is 32.4 Å². The van der Waals surface area contributed by atoms with Crippen LogP contribution >= 0.6 is 0 Å². The Hall–Kier alpha value is -1.97. The van der Waals surface area contributed by atoms with E-state index < -0.39 is 0 Å². The second-order valence-electron chi connectivity index (χ2n) is 2.76. The predicted molar refractivity (Wildman–Crippen MR) is 63.0 cm³/mol. The van der Waals surface area contributed by atoms with E-state index in [9.17, 15) is 5.11 Å². The first kappa shape index (κ1) is 14.0. The number of phenolic OH excluding ortho intramolecular Hbond substituents is 1. The Morgan fingerprint density at radius 3 is 2.31 bits per heavy atom. The highest BCUT2D eigenvalue weighted by atomic mass is 16.5. The Balaban J connectivity index is 0.00000106. The molecule has 0 bridgehead atoms. The summed E-state index contributed by atoms with van der Waals surface area (Å²) < 4.78 is 10.1. The highest BCUT2D eigenvalue weighted by Gasteiger charge is 2.08. The average molecular weight is 224 g/mol. The summed E-state index contributed by atoms with van der Waals surface area (Å²) in [5, 5.41) is 9.65. The molecule has 0 unspecified atom stereocenters. The summed E-state index contributed by atoms with van der Waals surface area (Å²) >= 11 is 0. The maximum Gasteiger partial charge on any atom is 0.133 e. The van der Waals surface area contributed by atoms with Gasteiger partial charge in [-0.3, -0.25) is 0 Å². The second-order valence-corrected chi connectivity index (χ2v) is 2.76. The van der Waals surface area contributed by atoms with Gasteiger partial charge in [0, 0.05) is 12.1 Å². The molecule has 1 rings (SSSR count). The van der Waals surface area contributed by atoms with Crippen molar-refractivity contribution >= 4 is 12.9 Å². The Labute approximate surface area is 95.1 Å². The first-order chi connectivity index (χ1) is 7.72. The lowest BCUT2D eigenvalue weighted by Crippen LogP contribution is -1.90. The molecule has 0 spiro atoms. The van der Waals surface area contributed by atoms with E-state index in [1.807, 2.05) is 19.8 Å². The molecule has 0 fully saturated rings. The van der Waals surface area contributed by atoms with Crippen LogP contribution in [0.4, 0.5) is 0 Å². The van der Waals surface area contributed by atoms with E-state index in [4.69, 9.17) is 14.3 Å². The minimum atomic E-state index is 0.152. The zero-order valence-corrected chi connectivity index (χ0v) is 9.69. The molecule has 0 amide bonds. The molecule has 0 heterocycles. The van der Waals surface area contributed by atoms with Gasteiger partial charge in [0.2, 0.25) is 0 Å². The van der Waals surface area contributed by atoms with Gasteiger partial charge < -0.3 is 19.4 Å². The first-order valence-corrected chi connectivity index (χ1v) is 4.59. The van der Waals surface area contributed by atoms with Crippen molar-refractivity contribution < 1.29 is 19.4 Å². The van der Waals surface area contributed by atoms with Gasteiger partial charge in [-0.05, 0) is 6.92 Å². The number of methoxy groups -OCH3 is 2.